The number of nitrogens with one attached hydrogen (secondary N) is 2. The lowest BCUT2D eigenvalue weighted by Crippen LogP contribution is -2.36. The number of pyridine rings is 1. The molecule has 134 valence electrons. The quantitative estimate of drug-likeness (QED) is 0.817. The van der Waals surface area contributed by atoms with Crippen molar-refractivity contribution in [2.75, 3.05) is 18.4 Å². The predicted octanol–water partition coefficient (Wildman–Crippen LogP) is 1.57. The number of rotatable bonds is 4. The van der Waals surface area contributed by atoms with Crippen LogP contribution in [0.5, 0.6) is 0 Å². The first-order valence-corrected chi connectivity index (χ1v) is 8.51. The first kappa shape index (κ1) is 17.6. The summed E-state index contributed by atoms with van der Waals surface area (Å²) in [4.78, 5) is 42.4. The van der Waals surface area contributed by atoms with Crippen LogP contribution in [-0.4, -0.2) is 40.7 Å². The molecule has 0 unspecified atom stereocenters. The second-order valence-corrected chi connectivity index (χ2v) is 6.04. The van der Waals surface area contributed by atoms with E-state index >= 15 is 0 Å². The second kappa shape index (κ2) is 8.24. The fraction of sp³-hybridized carbons (Fsp3) is 0.263. The summed E-state index contributed by atoms with van der Waals surface area (Å²) in [6.07, 6.45) is 5.19. The molecule has 1 aromatic heterocycles. The van der Waals surface area contributed by atoms with Gasteiger partial charge in [-0.15, -0.1) is 0 Å². The highest BCUT2D eigenvalue weighted by Gasteiger charge is 2.23. The number of para-hydroxylation sites is 1. The number of likely N-dealkylation sites (tertiary alicyclic amines) is 1. The van der Waals surface area contributed by atoms with Gasteiger partial charge in [0.2, 0.25) is 0 Å². The Morgan fingerprint density at radius 1 is 0.962 bits per heavy atom. The molecule has 3 amide bonds. The summed E-state index contributed by atoms with van der Waals surface area (Å²) in [5, 5.41) is 5.09. The maximum atomic E-state index is 12.6. The van der Waals surface area contributed by atoms with Crippen molar-refractivity contribution < 1.29 is 14.4 Å². The molecule has 7 nitrogen and oxygen atoms in total. The van der Waals surface area contributed by atoms with E-state index in [1.807, 2.05) is 0 Å². The van der Waals surface area contributed by atoms with E-state index in [4.69, 9.17) is 0 Å². The highest BCUT2D eigenvalue weighted by molar-refractivity contribution is 6.40. The van der Waals surface area contributed by atoms with Gasteiger partial charge in [0.15, 0.2) is 0 Å². The molecule has 0 bridgehead atoms. The van der Waals surface area contributed by atoms with Gasteiger partial charge in [0.1, 0.15) is 0 Å². The van der Waals surface area contributed by atoms with Crippen LogP contribution in [0.3, 0.4) is 0 Å². The van der Waals surface area contributed by atoms with Crippen LogP contribution in [-0.2, 0) is 16.1 Å². The zero-order valence-corrected chi connectivity index (χ0v) is 14.3. The second-order valence-electron chi connectivity index (χ2n) is 6.04. The predicted molar refractivity (Wildman–Crippen MR) is 96.3 cm³/mol. The van der Waals surface area contributed by atoms with E-state index in [0.29, 0.717) is 24.3 Å². The molecular weight excluding hydrogens is 332 g/mol. The van der Waals surface area contributed by atoms with Crippen LogP contribution in [0.25, 0.3) is 0 Å². The molecule has 1 aliphatic heterocycles. The monoisotopic (exact) mass is 352 g/mol. The van der Waals surface area contributed by atoms with E-state index in [2.05, 4.69) is 15.6 Å². The van der Waals surface area contributed by atoms with Crippen LogP contribution >= 0.6 is 0 Å². The Bertz CT molecular complexity index is 801. The van der Waals surface area contributed by atoms with Crippen LogP contribution in [0.15, 0.2) is 48.8 Å². The van der Waals surface area contributed by atoms with Crippen molar-refractivity contribution in [2.24, 2.45) is 0 Å². The molecule has 0 aliphatic carbocycles. The third-order valence-corrected chi connectivity index (χ3v) is 4.21. The number of anilines is 1. The minimum absolute atomic E-state index is 0.129. The maximum absolute atomic E-state index is 12.6. The molecule has 0 radical (unpaired) electrons. The van der Waals surface area contributed by atoms with Crippen LogP contribution in [0, 0.1) is 0 Å². The summed E-state index contributed by atoms with van der Waals surface area (Å²) in [6, 6.07) is 10.2. The molecular formula is C19H20N4O3. The van der Waals surface area contributed by atoms with Gasteiger partial charge < -0.3 is 15.5 Å². The average molecular weight is 352 g/mol. The molecule has 2 heterocycles. The topological polar surface area (TPSA) is 91.4 Å². The van der Waals surface area contributed by atoms with E-state index in [9.17, 15) is 14.4 Å². The standard InChI is InChI=1S/C19H20N4O3/c24-17(21-13-14-7-9-20-10-8-14)18(25)22-16-6-2-1-5-15(16)19(26)23-11-3-4-12-23/h1-2,5-10H,3-4,11-13H2,(H,21,24)(H,22,25). The number of hydrogen-bond acceptors (Lipinski definition) is 4. The van der Waals surface area contributed by atoms with Gasteiger partial charge in [0.25, 0.3) is 5.91 Å². The van der Waals surface area contributed by atoms with Crippen molar-refractivity contribution in [3.63, 3.8) is 0 Å². The smallest absolute Gasteiger partial charge is 0.313 e. The number of benzene rings is 1. The lowest BCUT2D eigenvalue weighted by atomic mass is 10.1. The van der Waals surface area contributed by atoms with Gasteiger partial charge in [0.05, 0.1) is 11.3 Å². The molecule has 2 N–H and O–H groups in total. The van der Waals surface area contributed by atoms with E-state index in [0.717, 1.165) is 18.4 Å². The van der Waals surface area contributed by atoms with Crippen LogP contribution < -0.4 is 10.6 Å². The third-order valence-electron chi connectivity index (χ3n) is 4.21. The maximum Gasteiger partial charge on any atom is 0.313 e. The Morgan fingerprint density at radius 3 is 2.38 bits per heavy atom. The molecule has 0 atom stereocenters. The average Bonchev–Trinajstić information content (AvgIpc) is 3.21. The van der Waals surface area contributed by atoms with Crippen LogP contribution in [0.4, 0.5) is 5.69 Å². The van der Waals surface area contributed by atoms with Crippen LogP contribution in [0.2, 0.25) is 0 Å². The van der Waals surface area contributed by atoms with Crippen molar-refractivity contribution in [3.8, 4) is 0 Å². The highest BCUT2D eigenvalue weighted by Crippen LogP contribution is 2.20. The minimum atomic E-state index is -0.805. The summed E-state index contributed by atoms with van der Waals surface area (Å²) in [5.41, 5.74) is 1.57. The zero-order chi connectivity index (χ0) is 18.4. The molecule has 1 fully saturated rings. The van der Waals surface area contributed by atoms with Crippen molar-refractivity contribution in [3.05, 3.63) is 59.9 Å². The molecule has 1 aromatic carbocycles. The van der Waals surface area contributed by atoms with E-state index in [-0.39, 0.29) is 12.5 Å². The lowest BCUT2D eigenvalue weighted by molar-refractivity contribution is -0.136. The normalized spacial score (nSPS) is 13.3. The molecule has 1 aliphatic rings. The number of aromatic nitrogens is 1. The van der Waals surface area contributed by atoms with Gasteiger partial charge in [-0.05, 0) is 42.7 Å². The number of hydrogen-bond donors (Lipinski definition) is 2. The molecule has 1 saturated heterocycles. The number of nitrogens with zero attached hydrogens (tertiary/aromatic N) is 2. The Labute approximate surface area is 151 Å². The van der Waals surface area contributed by atoms with Crippen molar-refractivity contribution in [1.29, 1.82) is 0 Å². The van der Waals surface area contributed by atoms with E-state index < -0.39 is 11.8 Å². The molecule has 26 heavy (non-hydrogen) atoms. The number of amides is 3. The number of carbonyl (C=O) groups is 3. The minimum Gasteiger partial charge on any atom is -0.344 e. The Morgan fingerprint density at radius 2 is 1.65 bits per heavy atom. The first-order chi connectivity index (χ1) is 12.6. The largest absolute Gasteiger partial charge is 0.344 e. The molecule has 0 spiro atoms. The van der Waals surface area contributed by atoms with Gasteiger partial charge in [-0.25, -0.2) is 0 Å². The fourth-order valence-corrected chi connectivity index (χ4v) is 2.81. The molecule has 7 heteroatoms. The number of carbonyl (C=O) groups excluding carboxylic acids is 3. The van der Waals surface area contributed by atoms with Crippen LogP contribution in [0.1, 0.15) is 28.8 Å². The molecule has 2 aromatic rings. The van der Waals surface area contributed by atoms with Gasteiger partial charge in [0, 0.05) is 32.0 Å². The first-order valence-electron chi connectivity index (χ1n) is 8.51. The van der Waals surface area contributed by atoms with Gasteiger partial charge in [-0.3, -0.25) is 19.4 Å². The highest BCUT2D eigenvalue weighted by atomic mass is 16.2. The fourth-order valence-electron chi connectivity index (χ4n) is 2.81. The van der Waals surface area contributed by atoms with E-state index in [1.165, 1.54) is 0 Å². The SMILES string of the molecule is O=C(NCc1ccncc1)C(=O)Nc1ccccc1C(=O)N1CCCC1. The van der Waals surface area contributed by atoms with Crippen molar-refractivity contribution in [2.45, 2.75) is 19.4 Å². The third kappa shape index (κ3) is 4.24. The zero-order valence-electron chi connectivity index (χ0n) is 14.3. The lowest BCUT2D eigenvalue weighted by Gasteiger charge is -2.17. The Balaban J connectivity index is 1.63. The summed E-state index contributed by atoms with van der Waals surface area (Å²) in [5.74, 6) is -1.69. The van der Waals surface area contributed by atoms with Crippen molar-refractivity contribution >= 4 is 23.4 Å². The summed E-state index contributed by atoms with van der Waals surface area (Å²) < 4.78 is 0. The Hall–Kier alpha value is -3.22. The van der Waals surface area contributed by atoms with Gasteiger partial charge >= 0.3 is 11.8 Å². The summed E-state index contributed by atoms with van der Waals surface area (Å²) >= 11 is 0. The molecule has 3 rings (SSSR count). The van der Waals surface area contributed by atoms with Gasteiger partial charge in [-0.2, -0.15) is 0 Å². The molecule has 0 saturated carbocycles. The van der Waals surface area contributed by atoms with E-state index in [1.54, 1.807) is 53.7 Å². The van der Waals surface area contributed by atoms with Crippen molar-refractivity contribution in [1.82, 2.24) is 15.2 Å². The summed E-state index contributed by atoms with van der Waals surface area (Å²) in [7, 11) is 0. The van der Waals surface area contributed by atoms with Gasteiger partial charge in [-0.1, -0.05) is 12.1 Å². The summed E-state index contributed by atoms with van der Waals surface area (Å²) in [6.45, 7) is 1.66. The Kier molecular flexibility index (Phi) is 5.58.